The molecular weight excluding hydrogens is 238 g/mol. The average molecular weight is 251 g/mol. The summed E-state index contributed by atoms with van der Waals surface area (Å²) in [6, 6.07) is 13.3. The number of aromatic nitrogens is 2. The van der Waals surface area contributed by atoms with Gasteiger partial charge in [-0.05, 0) is 19.1 Å². The SMILES string of the molecule is Cc1nccc(Oc2ccc(N)c3ccccc23)n1. The standard InChI is InChI=1S/C15H13N3O/c1-10-17-9-8-15(18-10)19-14-7-6-13(16)11-4-2-3-5-12(11)14/h2-9H,16H2,1H3. The van der Waals surface area contributed by atoms with E-state index in [0.717, 1.165) is 22.2 Å². The van der Waals surface area contributed by atoms with E-state index in [0.29, 0.717) is 11.7 Å². The molecular formula is C15H13N3O. The molecule has 0 saturated heterocycles. The first-order valence-corrected chi connectivity index (χ1v) is 5.99. The summed E-state index contributed by atoms with van der Waals surface area (Å²) < 4.78 is 5.82. The number of hydrogen-bond donors (Lipinski definition) is 1. The van der Waals surface area contributed by atoms with Gasteiger partial charge in [-0.2, -0.15) is 4.98 Å². The Kier molecular flexibility index (Phi) is 2.76. The molecule has 0 saturated carbocycles. The zero-order chi connectivity index (χ0) is 13.2. The lowest BCUT2D eigenvalue weighted by Gasteiger charge is -2.09. The lowest BCUT2D eigenvalue weighted by molar-refractivity contribution is 0.465. The van der Waals surface area contributed by atoms with Crippen LogP contribution < -0.4 is 10.5 Å². The van der Waals surface area contributed by atoms with Gasteiger partial charge in [0.05, 0.1) is 0 Å². The highest BCUT2D eigenvalue weighted by molar-refractivity contribution is 5.97. The topological polar surface area (TPSA) is 61.0 Å². The number of anilines is 1. The van der Waals surface area contributed by atoms with Crippen molar-refractivity contribution in [3.05, 3.63) is 54.5 Å². The van der Waals surface area contributed by atoms with Crippen molar-refractivity contribution in [3.63, 3.8) is 0 Å². The second kappa shape index (κ2) is 4.57. The van der Waals surface area contributed by atoms with E-state index in [1.807, 2.05) is 43.3 Å². The second-order valence-electron chi connectivity index (χ2n) is 4.24. The van der Waals surface area contributed by atoms with Gasteiger partial charge < -0.3 is 10.5 Å². The van der Waals surface area contributed by atoms with Gasteiger partial charge in [-0.25, -0.2) is 4.98 Å². The maximum atomic E-state index is 5.96. The Morgan fingerprint density at radius 1 is 1.00 bits per heavy atom. The molecule has 0 unspecified atom stereocenters. The van der Waals surface area contributed by atoms with Crippen molar-refractivity contribution in [1.82, 2.24) is 9.97 Å². The summed E-state index contributed by atoms with van der Waals surface area (Å²) in [4.78, 5) is 8.28. The number of aryl methyl sites for hydroxylation is 1. The molecule has 0 aliphatic heterocycles. The third kappa shape index (κ3) is 2.20. The predicted molar refractivity (Wildman–Crippen MR) is 75.2 cm³/mol. The molecule has 1 heterocycles. The van der Waals surface area contributed by atoms with E-state index < -0.39 is 0 Å². The fraction of sp³-hybridized carbons (Fsp3) is 0.0667. The summed E-state index contributed by atoms with van der Waals surface area (Å²) >= 11 is 0. The average Bonchev–Trinajstić information content (AvgIpc) is 2.42. The molecule has 4 nitrogen and oxygen atoms in total. The van der Waals surface area contributed by atoms with E-state index in [4.69, 9.17) is 10.5 Å². The molecule has 0 bridgehead atoms. The van der Waals surface area contributed by atoms with Crippen LogP contribution in [0.1, 0.15) is 5.82 Å². The first-order valence-electron chi connectivity index (χ1n) is 5.99. The van der Waals surface area contributed by atoms with Crippen LogP contribution in [0.25, 0.3) is 10.8 Å². The Morgan fingerprint density at radius 2 is 1.79 bits per heavy atom. The summed E-state index contributed by atoms with van der Waals surface area (Å²) in [5.41, 5.74) is 6.70. The Morgan fingerprint density at radius 3 is 2.58 bits per heavy atom. The molecule has 1 aromatic heterocycles. The first kappa shape index (κ1) is 11.5. The molecule has 0 amide bonds. The van der Waals surface area contributed by atoms with Crippen molar-refractivity contribution in [2.45, 2.75) is 6.92 Å². The van der Waals surface area contributed by atoms with Crippen LogP contribution in [0.4, 0.5) is 5.69 Å². The van der Waals surface area contributed by atoms with Crippen LogP contribution in [0.2, 0.25) is 0 Å². The van der Waals surface area contributed by atoms with E-state index in [9.17, 15) is 0 Å². The monoisotopic (exact) mass is 251 g/mol. The summed E-state index contributed by atoms with van der Waals surface area (Å²) in [6.07, 6.45) is 1.68. The number of nitrogen functional groups attached to an aromatic ring is 1. The number of nitrogens with zero attached hydrogens (tertiary/aromatic N) is 2. The van der Waals surface area contributed by atoms with Crippen molar-refractivity contribution < 1.29 is 4.74 Å². The van der Waals surface area contributed by atoms with Crippen molar-refractivity contribution >= 4 is 16.5 Å². The summed E-state index contributed by atoms with van der Waals surface area (Å²) in [6.45, 7) is 1.83. The zero-order valence-corrected chi connectivity index (χ0v) is 10.5. The smallest absolute Gasteiger partial charge is 0.222 e. The fourth-order valence-corrected chi connectivity index (χ4v) is 1.99. The number of benzene rings is 2. The fourth-order valence-electron chi connectivity index (χ4n) is 1.99. The number of fused-ring (bicyclic) bond motifs is 1. The lowest BCUT2D eigenvalue weighted by atomic mass is 10.1. The van der Waals surface area contributed by atoms with E-state index in [1.165, 1.54) is 0 Å². The molecule has 3 aromatic rings. The normalized spacial score (nSPS) is 10.6. The Hall–Kier alpha value is -2.62. The van der Waals surface area contributed by atoms with Crippen LogP contribution in [0.5, 0.6) is 11.6 Å². The highest BCUT2D eigenvalue weighted by Gasteiger charge is 2.06. The quantitative estimate of drug-likeness (QED) is 0.710. The van der Waals surface area contributed by atoms with Gasteiger partial charge in [0.25, 0.3) is 0 Å². The molecule has 3 rings (SSSR count). The Balaban J connectivity index is 2.09. The van der Waals surface area contributed by atoms with E-state index >= 15 is 0 Å². The van der Waals surface area contributed by atoms with E-state index in [1.54, 1.807) is 12.3 Å². The number of nitrogens with two attached hydrogens (primary N) is 1. The maximum Gasteiger partial charge on any atom is 0.222 e. The molecule has 0 atom stereocenters. The molecule has 0 aliphatic carbocycles. The van der Waals surface area contributed by atoms with Crippen LogP contribution in [-0.4, -0.2) is 9.97 Å². The van der Waals surface area contributed by atoms with Crippen LogP contribution in [0.3, 0.4) is 0 Å². The Labute approximate surface area is 110 Å². The van der Waals surface area contributed by atoms with Crippen LogP contribution in [-0.2, 0) is 0 Å². The van der Waals surface area contributed by atoms with Gasteiger partial charge in [0.1, 0.15) is 11.6 Å². The molecule has 19 heavy (non-hydrogen) atoms. The van der Waals surface area contributed by atoms with Crippen LogP contribution >= 0.6 is 0 Å². The molecule has 94 valence electrons. The van der Waals surface area contributed by atoms with Crippen LogP contribution in [0.15, 0.2) is 48.7 Å². The largest absolute Gasteiger partial charge is 0.438 e. The third-order valence-electron chi connectivity index (χ3n) is 2.88. The summed E-state index contributed by atoms with van der Waals surface area (Å²) in [5.74, 6) is 1.95. The minimum Gasteiger partial charge on any atom is -0.438 e. The Bertz CT molecular complexity index is 740. The minimum atomic E-state index is 0.530. The highest BCUT2D eigenvalue weighted by Crippen LogP contribution is 2.32. The van der Waals surface area contributed by atoms with Crippen molar-refractivity contribution in [1.29, 1.82) is 0 Å². The number of hydrogen-bond acceptors (Lipinski definition) is 4. The zero-order valence-electron chi connectivity index (χ0n) is 10.5. The van der Waals surface area contributed by atoms with Gasteiger partial charge in [-0.3, -0.25) is 0 Å². The van der Waals surface area contributed by atoms with Gasteiger partial charge in [-0.1, -0.05) is 24.3 Å². The molecule has 0 spiro atoms. The van der Waals surface area contributed by atoms with Gasteiger partial charge in [0.2, 0.25) is 5.88 Å². The molecule has 0 aliphatic rings. The van der Waals surface area contributed by atoms with Crippen molar-refractivity contribution in [2.24, 2.45) is 0 Å². The maximum absolute atomic E-state index is 5.96. The minimum absolute atomic E-state index is 0.530. The second-order valence-corrected chi connectivity index (χ2v) is 4.24. The van der Waals surface area contributed by atoms with Gasteiger partial charge >= 0.3 is 0 Å². The number of ether oxygens (including phenoxy) is 1. The van der Waals surface area contributed by atoms with Gasteiger partial charge in [-0.15, -0.1) is 0 Å². The molecule has 0 radical (unpaired) electrons. The molecule has 4 heteroatoms. The van der Waals surface area contributed by atoms with Crippen LogP contribution in [0, 0.1) is 6.92 Å². The van der Waals surface area contributed by atoms with Gasteiger partial charge in [0.15, 0.2) is 0 Å². The third-order valence-corrected chi connectivity index (χ3v) is 2.88. The van der Waals surface area contributed by atoms with Gasteiger partial charge in [0, 0.05) is 28.7 Å². The van der Waals surface area contributed by atoms with E-state index in [-0.39, 0.29) is 0 Å². The summed E-state index contributed by atoms with van der Waals surface area (Å²) in [7, 11) is 0. The van der Waals surface area contributed by atoms with Crippen molar-refractivity contribution in [3.8, 4) is 11.6 Å². The van der Waals surface area contributed by atoms with E-state index in [2.05, 4.69) is 9.97 Å². The first-order chi connectivity index (χ1) is 9.24. The lowest BCUT2D eigenvalue weighted by Crippen LogP contribution is -1.94. The molecule has 2 N–H and O–H groups in total. The number of rotatable bonds is 2. The highest BCUT2D eigenvalue weighted by atomic mass is 16.5. The molecule has 0 fully saturated rings. The molecule has 2 aromatic carbocycles. The summed E-state index contributed by atoms with van der Waals surface area (Å²) in [5, 5.41) is 1.95. The van der Waals surface area contributed by atoms with Crippen molar-refractivity contribution in [2.75, 3.05) is 5.73 Å². The predicted octanol–water partition coefficient (Wildman–Crippen LogP) is 3.31.